The highest BCUT2D eigenvalue weighted by Gasteiger charge is 2.60. The molecule has 1 amide bonds. The maximum absolute atomic E-state index is 13.2. The molecule has 9 heteroatoms. The SMILES string of the molecule is CN(C)C1C(=O)C(C(N)=O)=C(O)C2=C(O)C3(O)C(=O)c4c(O)cccc4CC3CC21. The van der Waals surface area contributed by atoms with E-state index in [1.54, 1.807) is 31.1 Å². The van der Waals surface area contributed by atoms with Crippen molar-refractivity contribution in [3.05, 3.63) is 52.0 Å². The lowest BCUT2D eigenvalue weighted by molar-refractivity contribution is -0.126. The number of phenols is 1. The van der Waals surface area contributed by atoms with Crippen LogP contribution in [0.3, 0.4) is 0 Å². The van der Waals surface area contributed by atoms with Crippen molar-refractivity contribution in [1.29, 1.82) is 0 Å². The average Bonchev–Trinajstić information content (AvgIpc) is 2.64. The number of carbonyl (C=O) groups is 3. The molecule has 158 valence electrons. The molecule has 4 rings (SSSR count). The Hall–Kier alpha value is -3.17. The number of hydrogen-bond acceptors (Lipinski definition) is 8. The maximum atomic E-state index is 13.2. The molecule has 30 heavy (non-hydrogen) atoms. The number of hydrogen-bond donors (Lipinski definition) is 5. The van der Waals surface area contributed by atoms with E-state index < -0.39 is 58.0 Å². The van der Waals surface area contributed by atoms with Gasteiger partial charge in [-0.25, -0.2) is 0 Å². The van der Waals surface area contributed by atoms with E-state index >= 15 is 0 Å². The number of benzene rings is 1. The second-order valence-electron chi connectivity index (χ2n) is 8.27. The van der Waals surface area contributed by atoms with Gasteiger partial charge in [-0.3, -0.25) is 19.3 Å². The molecule has 0 aromatic heterocycles. The van der Waals surface area contributed by atoms with Crippen molar-refractivity contribution in [2.45, 2.75) is 24.5 Å². The number of amides is 1. The van der Waals surface area contributed by atoms with Gasteiger partial charge in [-0.05, 0) is 38.6 Å². The zero-order valence-electron chi connectivity index (χ0n) is 16.4. The Morgan fingerprint density at radius 2 is 1.87 bits per heavy atom. The second kappa shape index (κ2) is 6.41. The number of primary amides is 1. The molecule has 3 aliphatic carbocycles. The van der Waals surface area contributed by atoms with Crippen molar-refractivity contribution in [2.24, 2.45) is 17.6 Å². The number of phenolic OH excluding ortho intramolecular Hbond substituents is 1. The summed E-state index contributed by atoms with van der Waals surface area (Å²) < 4.78 is 0. The average molecular weight is 414 g/mol. The summed E-state index contributed by atoms with van der Waals surface area (Å²) in [4.78, 5) is 39.5. The van der Waals surface area contributed by atoms with Gasteiger partial charge in [0.05, 0.1) is 11.6 Å². The quantitative estimate of drug-likeness (QED) is 0.426. The largest absolute Gasteiger partial charge is 0.508 e. The van der Waals surface area contributed by atoms with Gasteiger partial charge in [-0.2, -0.15) is 0 Å². The molecule has 4 atom stereocenters. The molecule has 9 nitrogen and oxygen atoms in total. The van der Waals surface area contributed by atoms with E-state index in [1.807, 2.05) is 0 Å². The zero-order chi connectivity index (χ0) is 22.1. The Labute approximate surface area is 171 Å². The molecule has 0 radical (unpaired) electrons. The predicted molar refractivity (Wildman–Crippen MR) is 104 cm³/mol. The molecular formula is C21H22N2O7. The summed E-state index contributed by atoms with van der Waals surface area (Å²) in [6.07, 6.45) is 0.253. The number of Topliss-reactive ketones (excluding diaryl/α,β-unsaturated/α-hetero) is 2. The number of likely N-dealkylation sites (N-methyl/N-ethyl adjacent to an activating group) is 1. The van der Waals surface area contributed by atoms with Crippen LogP contribution in [0.2, 0.25) is 0 Å². The summed E-state index contributed by atoms with van der Waals surface area (Å²) in [5.74, 6) is -6.30. The Kier molecular flexibility index (Phi) is 4.30. The van der Waals surface area contributed by atoms with Crippen LogP contribution >= 0.6 is 0 Å². The lowest BCUT2D eigenvalue weighted by atomic mass is 9.59. The molecule has 1 aromatic rings. The topological polar surface area (TPSA) is 161 Å². The summed E-state index contributed by atoms with van der Waals surface area (Å²) in [5, 5.41) is 43.2. The number of nitrogens with zero attached hydrogens (tertiary/aromatic N) is 1. The minimum Gasteiger partial charge on any atom is -0.508 e. The van der Waals surface area contributed by atoms with Crippen LogP contribution in [0.15, 0.2) is 40.9 Å². The molecule has 0 fully saturated rings. The summed E-state index contributed by atoms with van der Waals surface area (Å²) in [5.41, 5.74) is 2.38. The minimum absolute atomic E-state index is 0.0847. The number of aliphatic hydroxyl groups is 3. The summed E-state index contributed by atoms with van der Waals surface area (Å²) in [7, 11) is 3.22. The smallest absolute Gasteiger partial charge is 0.256 e. The van der Waals surface area contributed by atoms with E-state index in [1.165, 1.54) is 6.07 Å². The number of nitrogens with two attached hydrogens (primary N) is 1. The first-order chi connectivity index (χ1) is 14.0. The Morgan fingerprint density at radius 1 is 1.20 bits per heavy atom. The van der Waals surface area contributed by atoms with Gasteiger partial charge in [0.2, 0.25) is 5.78 Å². The summed E-state index contributed by atoms with van der Waals surface area (Å²) >= 11 is 0. The Bertz CT molecular complexity index is 1070. The number of aliphatic hydroxyl groups excluding tert-OH is 2. The van der Waals surface area contributed by atoms with Gasteiger partial charge < -0.3 is 26.2 Å². The van der Waals surface area contributed by atoms with E-state index in [2.05, 4.69) is 0 Å². The highest BCUT2D eigenvalue weighted by atomic mass is 16.3. The first-order valence-electron chi connectivity index (χ1n) is 9.47. The van der Waals surface area contributed by atoms with Gasteiger partial charge >= 0.3 is 0 Å². The van der Waals surface area contributed by atoms with Crippen molar-refractivity contribution in [1.82, 2.24) is 4.90 Å². The normalized spacial score (nSPS) is 30.9. The molecule has 0 saturated carbocycles. The third kappa shape index (κ3) is 2.39. The van der Waals surface area contributed by atoms with Crippen LogP contribution in [0, 0.1) is 11.8 Å². The van der Waals surface area contributed by atoms with Gasteiger partial charge in [0, 0.05) is 17.4 Å². The van der Waals surface area contributed by atoms with Gasteiger partial charge in [-0.15, -0.1) is 0 Å². The van der Waals surface area contributed by atoms with Crippen LogP contribution < -0.4 is 5.73 Å². The molecule has 1 aromatic carbocycles. The first kappa shape index (κ1) is 20.1. The minimum atomic E-state index is -2.41. The molecule has 3 aliphatic rings. The number of carbonyl (C=O) groups excluding carboxylic acids is 3. The zero-order valence-corrected chi connectivity index (χ0v) is 16.4. The highest BCUT2D eigenvalue weighted by molar-refractivity contribution is 6.22. The molecule has 0 heterocycles. The molecule has 4 unspecified atom stereocenters. The summed E-state index contributed by atoms with van der Waals surface area (Å²) in [6.45, 7) is 0. The number of fused-ring (bicyclic) bond motifs is 3. The van der Waals surface area contributed by atoms with Crippen molar-refractivity contribution in [3.63, 3.8) is 0 Å². The lowest BCUT2D eigenvalue weighted by Crippen LogP contribution is -2.59. The molecule has 0 bridgehead atoms. The fourth-order valence-electron chi connectivity index (χ4n) is 5.16. The third-order valence-corrected chi connectivity index (χ3v) is 6.48. The van der Waals surface area contributed by atoms with Crippen molar-refractivity contribution in [3.8, 4) is 5.75 Å². The van der Waals surface area contributed by atoms with Crippen LogP contribution in [0.5, 0.6) is 5.75 Å². The first-order valence-corrected chi connectivity index (χ1v) is 9.47. The van der Waals surface area contributed by atoms with E-state index in [9.17, 15) is 34.8 Å². The van der Waals surface area contributed by atoms with Crippen LogP contribution in [0.1, 0.15) is 22.3 Å². The number of rotatable bonds is 2. The molecule has 0 spiro atoms. The molecular weight excluding hydrogens is 392 g/mol. The number of ketones is 2. The van der Waals surface area contributed by atoms with Crippen LogP contribution in [-0.2, 0) is 16.0 Å². The molecule has 0 aliphatic heterocycles. The van der Waals surface area contributed by atoms with E-state index in [4.69, 9.17) is 5.73 Å². The Balaban J connectivity index is 2.00. The highest BCUT2D eigenvalue weighted by Crippen LogP contribution is 2.52. The third-order valence-electron chi connectivity index (χ3n) is 6.48. The lowest BCUT2D eigenvalue weighted by Gasteiger charge is -2.48. The fourth-order valence-corrected chi connectivity index (χ4v) is 5.16. The molecule has 6 N–H and O–H groups in total. The van der Waals surface area contributed by atoms with Crippen molar-refractivity contribution < 1.29 is 34.8 Å². The van der Waals surface area contributed by atoms with E-state index in [0.717, 1.165) is 0 Å². The van der Waals surface area contributed by atoms with Crippen LogP contribution in [0.25, 0.3) is 0 Å². The van der Waals surface area contributed by atoms with Crippen LogP contribution in [0.4, 0.5) is 0 Å². The fraction of sp³-hybridized carbons (Fsp3) is 0.381. The van der Waals surface area contributed by atoms with Gasteiger partial charge in [-0.1, -0.05) is 12.1 Å². The summed E-state index contributed by atoms with van der Waals surface area (Å²) in [6, 6.07) is 3.61. The van der Waals surface area contributed by atoms with E-state index in [0.29, 0.717) is 5.56 Å². The monoisotopic (exact) mass is 414 g/mol. The van der Waals surface area contributed by atoms with Gasteiger partial charge in [0.25, 0.3) is 5.91 Å². The van der Waals surface area contributed by atoms with Gasteiger partial charge in [0.1, 0.15) is 22.8 Å². The van der Waals surface area contributed by atoms with Crippen LogP contribution in [-0.4, -0.2) is 68.5 Å². The molecule has 0 saturated heterocycles. The standard InChI is InChI=1S/C21H22N2O7/c1-23(2)15-10-7-9-6-8-4-3-5-11(24)12(8)18(27)21(9,30)19(28)13(10)16(25)14(17(15)26)20(22)29/h3-5,9-10,15,24-25,28,30H,6-7H2,1-2H3,(H2,22,29). The second-order valence-corrected chi connectivity index (χ2v) is 8.27. The van der Waals surface area contributed by atoms with Crippen molar-refractivity contribution in [2.75, 3.05) is 14.1 Å². The van der Waals surface area contributed by atoms with E-state index in [-0.39, 0.29) is 29.7 Å². The maximum Gasteiger partial charge on any atom is 0.256 e. The van der Waals surface area contributed by atoms with Gasteiger partial charge in [0.15, 0.2) is 11.4 Å². The number of aromatic hydroxyl groups is 1. The van der Waals surface area contributed by atoms with Crippen molar-refractivity contribution >= 4 is 17.5 Å². The Morgan fingerprint density at radius 3 is 2.47 bits per heavy atom. The number of allylic oxidation sites excluding steroid dienone is 1. The predicted octanol–water partition coefficient (Wildman–Crippen LogP) is 0.121.